The zero-order valence-corrected chi connectivity index (χ0v) is 10.9. The van der Waals surface area contributed by atoms with Gasteiger partial charge in [-0.25, -0.2) is 0 Å². The van der Waals surface area contributed by atoms with Gasteiger partial charge in [0.2, 0.25) is 0 Å². The lowest BCUT2D eigenvalue weighted by molar-refractivity contribution is 0.0734. The lowest BCUT2D eigenvalue weighted by Gasteiger charge is -2.29. The number of hydrogen-bond donors (Lipinski definition) is 0. The molecule has 1 aliphatic heterocycles. The molecule has 3 rings (SSSR count). The molecule has 0 fully saturated rings. The van der Waals surface area contributed by atoms with Crippen LogP contribution in [0.25, 0.3) is 0 Å². The molecule has 0 unspecified atom stereocenters. The minimum Gasteiger partial charge on any atom is -0.334 e. The van der Waals surface area contributed by atoms with E-state index >= 15 is 0 Å². The number of rotatable bonds is 1. The highest BCUT2D eigenvalue weighted by atomic mass is 16.2. The number of carbonyl (C=O) groups excluding carboxylic acids is 1. The van der Waals surface area contributed by atoms with Crippen LogP contribution in [-0.2, 0) is 13.0 Å². The summed E-state index contributed by atoms with van der Waals surface area (Å²) in [6, 6.07) is 11.4. The predicted octanol–water partition coefficient (Wildman–Crippen LogP) is 2.15. The van der Waals surface area contributed by atoms with Gasteiger partial charge in [-0.05, 0) is 41.8 Å². The van der Waals surface area contributed by atoms with Gasteiger partial charge in [-0.15, -0.1) is 0 Å². The smallest absolute Gasteiger partial charge is 0.255 e. The Balaban J connectivity index is 1.85. The summed E-state index contributed by atoms with van der Waals surface area (Å²) in [6.45, 7) is 1.26. The van der Waals surface area contributed by atoms with Crippen molar-refractivity contribution in [1.82, 2.24) is 9.88 Å². The van der Waals surface area contributed by atoms with Crippen molar-refractivity contribution in [3.63, 3.8) is 0 Å². The molecule has 1 aliphatic rings. The van der Waals surface area contributed by atoms with Gasteiger partial charge in [0.05, 0.1) is 17.2 Å². The zero-order valence-electron chi connectivity index (χ0n) is 10.9. The lowest BCUT2D eigenvalue weighted by atomic mass is 9.97. The van der Waals surface area contributed by atoms with Crippen LogP contribution in [0.4, 0.5) is 0 Å². The molecule has 0 saturated heterocycles. The Kier molecular flexibility index (Phi) is 3.18. The molecule has 0 saturated carbocycles. The number of pyridine rings is 1. The van der Waals surface area contributed by atoms with Crippen molar-refractivity contribution < 1.29 is 4.79 Å². The van der Waals surface area contributed by atoms with Crippen LogP contribution in [0.2, 0.25) is 0 Å². The zero-order chi connectivity index (χ0) is 13.9. The molecule has 1 aromatic carbocycles. The van der Waals surface area contributed by atoms with Gasteiger partial charge in [-0.3, -0.25) is 9.78 Å². The van der Waals surface area contributed by atoms with Crippen molar-refractivity contribution in [3.8, 4) is 6.07 Å². The normalized spacial score (nSPS) is 13.4. The second-order valence-corrected chi connectivity index (χ2v) is 4.81. The standard InChI is InChI=1S/C16H13N3O/c17-9-12-3-4-13-5-7-19(11-15(13)8-12)16(20)14-2-1-6-18-10-14/h1-4,6,8,10H,5,7,11H2. The number of nitriles is 1. The topological polar surface area (TPSA) is 57.0 Å². The number of nitrogens with zero attached hydrogens (tertiary/aromatic N) is 3. The fourth-order valence-corrected chi connectivity index (χ4v) is 2.47. The van der Waals surface area contributed by atoms with E-state index in [1.54, 1.807) is 29.4 Å². The van der Waals surface area contributed by atoms with Gasteiger partial charge in [0.25, 0.3) is 5.91 Å². The third-order valence-electron chi connectivity index (χ3n) is 3.54. The predicted molar refractivity (Wildman–Crippen MR) is 73.8 cm³/mol. The lowest BCUT2D eigenvalue weighted by Crippen LogP contribution is -2.36. The average molecular weight is 263 g/mol. The van der Waals surface area contributed by atoms with E-state index in [2.05, 4.69) is 11.1 Å². The van der Waals surface area contributed by atoms with Gasteiger partial charge in [-0.2, -0.15) is 5.26 Å². The minimum atomic E-state index is -0.00823. The number of fused-ring (bicyclic) bond motifs is 1. The molecule has 0 atom stereocenters. The van der Waals surface area contributed by atoms with Crippen molar-refractivity contribution in [3.05, 3.63) is 65.0 Å². The van der Waals surface area contributed by atoms with Crippen LogP contribution in [0.5, 0.6) is 0 Å². The van der Waals surface area contributed by atoms with Crippen LogP contribution in [0.15, 0.2) is 42.7 Å². The molecule has 4 nitrogen and oxygen atoms in total. The number of benzene rings is 1. The first-order valence-corrected chi connectivity index (χ1v) is 6.49. The summed E-state index contributed by atoms with van der Waals surface area (Å²) in [5.74, 6) is -0.00823. The average Bonchev–Trinajstić information content (AvgIpc) is 2.54. The molecule has 0 spiro atoms. The van der Waals surface area contributed by atoms with Crippen LogP contribution in [0.3, 0.4) is 0 Å². The molecule has 4 heteroatoms. The highest BCUT2D eigenvalue weighted by Crippen LogP contribution is 2.21. The monoisotopic (exact) mass is 263 g/mol. The molecular weight excluding hydrogens is 250 g/mol. The van der Waals surface area contributed by atoms with Crippen LogP contribution >= 0.6 is 0 Å². The molecule has 2 heterocycles. The van der Waals surface area contributed by atoms with Crippen LogP contribution in [-0.4, -0.2) is 22.3 Å². The Morgan fingerprint density at radius 3 is 2.95 bits per heavy atom. The maximum Gasteiger partial charge on any atom is 0.255 e. The van der Waals surface area contributed by atoms with Gasteiger partial charge in [0.1, 0.15) is 0 Å². The molecule has 0 radical (unpaired) electrons. The summed E-state index contributed by atoms with van der Waals surface area (Å²) in [6.07, 6.45) is 4.07. The van der Waals surface area contributed by atoms with E-state index in [0.717, 1.165) is 12.0 Å². The van der Waals surface area contributed by atoms with E-state index < -0.39 is 0 Å². The second-order valence-electron chi connectivity index (χ2n) is 4.81. The first-order valence-electron chi connectivity index (χ1n) is 6.49. The van der Waals surface area contributed by atoms with Crippen molar-refractivity contribution in [2.45, 2.75) is 13.0 Å². The van der Waals surface area contributed by atoms with Crippen molar-refractivity contribution in [2.24, 2.45) is 0 Å². The number of amides is 1. The van der Waals surface area contributed by atoms with E-state index in [9.17, 15) is 4.79 Å². The Bertz CT molecular complexity index is 689. The fourth-order valence-electron chi connectivity index (χ4n) is 2.47. The molecule has 98 valence electrons. The molecule has 0 N–H and O–H groups in total. The van der Waals surface area contributed by atoms with E-state index in [4.69, 9.17) is 5.26 Å². The van der Waals surface area contributed by atoms with Gasteiger partial charge in [0.15, 0.2) is 0 Å². The van der Waals surface area contributed by atoms with E-state index in [1.807, 2.05) is 18.2 Å². The number of aromatic nitrogens is 1. The minimum absolute atomic E-state index is 0.00823. The molecule has 1 amide bonds. The first kappa shape index (κ1) is 12.4. The van der Waals surface area contributed by atoms with Crippen LogP contribution in [0.1, 0.15) is 27.0 Å². The highest BCUT2D eigenvalue weighted by Gasteiger charge is 2.21. The number of carbonyl (C=O) groups is 1. The van der Waals surface area contributed by atoms with Gasteiger partial charge in [-0.1, -0.05) is 6.07 Å². The SMILES string of the molecule is N#Cc1ccc2c(c1)CN(C(=O)c1cccnc1)CC2. The Labute approximate surface area is 117 Å². The first-order chi connectivity index (χ1) is 9.78. The Morgan fingerprint density at radius 1 is 1.30 bits per heavy atom. The van der Waals surface area contributed by atoms with Gasteiger partial charge in [0, 0.05) is 25.5 Å². The number of hydrogen-bond acceptors (Lipinski definition) is 3. The van der Waals surface area contributed by atoms with E-state index in [0.29, 0.717) is 24.2 Å². The molecule has 0 bridgehead atoms. The molecule has 2 aromatic rings. The van der Waals surface area contributed by atoms with Crippen molar-refractivity contribution >= 4 is 5.91 Å². The van der Waals surface area contributed by atoms with Crippen LogP contribution in [0, 0.1) is 11.3 Å². The maximum absolute atomic E-state index is 12.4. The summed E-state index contributed by atoms with van der Waals surface area (Å²) < 4.78 is 0. The molecule has 20 heavy (non-hydrogen) atoms. The highest BCUT2D eigenvalue weighted by molar-refractivity contribution is 5.94. The largest absolute Gasteiger partial charge is 0.334 e. The van der Waals surface area contributed by atoms with E-state index in [1.165, 1.54) is 5.56 Å². The summed E-state index contributed by atoms with van der Waals surface area (Å²) in [7, 11) is 0. The molecular formula is C16H13N3O. The maximum atomic E-state index is 12.4. The third-order valence-corrected chi connectivity index (χ3v) is 3.54. The molecule has 0 aliphatic carbocycles. The van der Waals surface area contributed by atoms with E-state index in [-0.39, 0.29) is 5.91 Å². The third kappa shape index (κ3) is 2.26. The summed E-state index contributed by atoms with van der Waals surface area (Å²) in [5, 5.41) is 8.95. The Hall–Kier alpha value is -2.67. The van der Waals surface area contributed by atoms with Crippen LogP contribution < -0.4 is 0 Å². The molecule has 1 aromatic heterocycles. The fraction of sp³-hybridized carbons (Fsp3) is 0.188. The summed E-state index contributed by atoms with van der Waals surface area (Å²) >= 11 is 0. The quantitative estimate of drug-likeness (QED) is 0.792. The second kappa shape index (κ2) is 5.14. The van der Waals surface area contributed by atoms with Crippen molar-refractivity contribution in [1.29, 1.82) is 5.26 Å². The van der Waals surface area contributed by atoms with Gasteiger partial charge >= 0.3 is 0 Å². The summed E-state index contributed by atoms with van der Waals surface area (Å²) in [5.41, 5.74) is 3.53. The van der Waals surface area contributed by atoms with Gasteiger partial charge < -0.3 is 4.90 Å². The summed E-state index contributed by atoms with van der Waals surface area (Å²) in [4.78, 5) is 18.2. The van der Waals surface area contributed by atoms with Crippen molar-refractivity contribution in [2.75, 3.05) is 6.54 Å². The Morgan fingerprint density at radius 2 is 2.20 bits per heavy atom.